The highest BCUT2D eigenvalue weighted by Crippen LogP contribution is 2.32. The van der Waals surface area contributed by atoms with Crippen molar-refractivity contribution in [1.29, 1.82) is 0 Å². The Labute approximate surface area is 162 Å². The van der Waals surface area contributed by atoms with Crippen molar-refractivity contribution in [1.82, 2.24) is 19.9 Å². The second-order valence-corrected chi connectivity index (χ2v) is 8.98. The molecule has 0 unspecified atom stereocenters. The number of anilines is 1. The van der Waals surface area contributed by atoms with Gasteiger partial charge in [0.1, 0.15) is 6.04 Å². The summed E-state index contributed by atoms with van der Waals surface area (Å²) >= 11 is 1.38. The summed E-state index contributed by atoms with van der Waals surface area (Å²) in [5.74, 6) is 1.24. The van der Waals surface area contributed by atoms with Gasteiger partial charge in [-0.15, -0.1) is 5.10 Å². The summed E-state index contributed by atoms with van der Waals surface area (Å²) in [6, 6.07) is 1.52. The number of rotatable bonds is 3. The molecule has 2 fully saturated rings. The molecule has 4 atom stereocenters. The van der Waals surface area contributed by atoms with Gasteiger partial charge in [0, 0.05) is 24.3 Å². The van der Waals surface area contributed by atoms with Gasteiger partial charge in [0.2, 0.25) is 16.0 Å². The summed E-state index contributed by atoms with van der Waals surface area (Å²) in [4.78, 5) is 32.2. The predicted molar refractivity (Wildman–Crippen MR) is 106 cm³/mol. The molecule has 1 N–H and O–H groups in total. The third-order valence-electron chi connectivity index (χ3n) is 6.20. The molecule has 2 aliphatic rings. The Bertz CT molecular complexity index is 907. The van der Waals surface area contributed by atoms with Crippen LogP contribution in [0.2, 0.25) is 0 Å². The molecule has 7 nitrogen and oxygen atoms in total. The Kier molecular flexibility index (Phi) is 4.92. The highest BCUT2D eigenvalue weighted by Gasteiger charge is 2.36. The largest absolute Gasteiger partial charge is 0.351 e. The number of carbonyl (C=O) groups is 1. The number of hydrogen-bond acceptors (Lipinski definition) is 6. The lowest BCUT2D eigenvalue weighted by atomic mass is 9.78. The zero-order valence-corrected chi connectivity index (χ0v) is 17.0. The lowest BCUT2D eigenvalue weighted by Gasteiger charge is -2.36. The normalized spacial score (nSPS) is 28.6. The molecule has 0 spiro atoms. The molecule has 8 heteroatoms. The molecule has 2 aromatic heterocycles. The van der Waals surface area contributed by atoms with E-state index in [4.69, 9.17) is 0 Å². The zero-order valence-electron chi connectivity index (χ0n) is 16.1. The number of aromatic nitrogens is 3. The van der Waals surface area contributed by atoms with E-state index < -0.39 is 0 Å². The lowest BCUT2D eigenvalue weighted by Crippen LogP contribution is -2.50. The smallest absolute Gasteiger partial charge is 0.275 e. The number of amides is 1. The molecule has 1 saturated heterocycles. The van der Waals surface area contributed by atoms with E-state index in [1.807, 2.05) is 4.90 Å². The third kappa shape index (κ3) is 3.47. The fraction of sp³-hybridized carbons (Fsp3) is 0.684. The zero-order chi connectivity index (χ0) is 19.1. The molecule has 1 aliphatic carbocycles. The summed E-state index contributed by atoms with van der Waals surface area (Å²) in [7, 11) is 0. The highest BCUT2D eigenvalue weighted by atomic mass is 32.1. The number of aryl methyl sites for hydroxylation is 1. The fourth-order valence-electron chi connectivity index (χ4n) is 4.36. The average Bonchev–Trinajstić information content (AvgIpc) is 3.25. The van der Waals surface area contributed by atoms with E-state index in [1.54, 1.807) is 6.92 Å². The Hall–Kier alpha value is -1.96. The van der Waals surface area contributed by atoms with Crippen molar-refractivity contribution in [3.05, 3.63) is 22.1 Å². The topological polar surface area (TPSA) is 79.6 Å². The van der Waals surface area contributed by atoms with E-state index in [-0.39, 0.29) is 23.6 Å². The van der Waals surface area contributed by atoms with Gasteiger partial charge in [0.25, 0.3) is 5.56 Å². The van der Waals surface area contributed by atoms with E-state index in [1.165, 1.54) is 34.8 Å². The summed E-state index contributed by atoms with van der Waals surface area (Å²) in [5, 5.41) is 8.46. The number of hydrogen-bond donors (Lipinski definition) is 1. The van der Waals surface area contributed by atoms with Gasteiger partial charge in [-0.25, -0.2) is 4.98 Å². The molecule has 1 amide bonds. The molecular weight excluding hydrogens is 362 g/mol. The monoisotopic (exact) mass is 389 g/mol. The summed E-state index contributed by atoms with van der Waals surface area (Å²) in [6.45, 7) is 7.11. The van der Waals surface area contributed by atoms with Gasteiger partial charge in [-0.05, 0) is 38.0 Å². The van der Waals surface area contributed by atoms with E-state index >= 15 is 0 Å². The van der Waals surface area contributed by atoms with Crippen molar-refractivity contribution in [3.63, 3.8) is 0 Å². The van der Waals surface area contributed by atoms with Crippen molar-refractivity contribution in [2.24, 2.45) is 11.8 Å². The van der Waals surface area contributed by atoms with Gasteiger partial charge >= 0.3 is 0 Å². The van der Waals surface area contributed by atoms with Crippen LogP contribution >= 0.6 is 11.3 Å². The minimum Gasteiger partial charge on any atom is -0.351 e. The van der Waals surface area contributed by atoms with Gasteiger partial charge in [-0.2, -0.15) is 4.52 Å². The van der Waals surface area contributed by atoms with Crippen LogP contribution in [0.3, 0.4) is 0 Å². The number of nitrogens with one attached hydrogen (secondary N) is 1. The van der Waals surface area contributed by atoms with Crippen molar-refractivity contribution in [3.8, 4) is 0 Å². The first-order valence-corrected chi connectivity index (χ1v) is 10.7. The Balaban J connectivity index is 1.54. The second-order valence-electron chi connectivity index (χ2n) is 8.05. The van der Waals surface area contributed by atoms with E-state index in [9.17, 15) is 9.59 Å². The van der Waals surface area contributed by atoms with Crippen LogP contribution in [0.15, 0.2) is 10.9 Å². The molecule has 1 saturated carbocycles. The van der Waals surface area contributed by atoms with Crippen LogP contribution < -0.4 is 15.8 Å². The molecule has 1 aliphatic heterocycles. The van der Waals surface area contributed by atoms with E-state index in [2.05, 4.69) is 29.2 Å². The van der Waals surface area contributed by atoms with Gasteiger partial charge in [0.15, 0.2) is 0 Å². The summed E-state index contributed by atoms with van der Waals surface area (Å²) < 4.78 is 1.34. The van der Waals surface area contributed by atoms with E-state index in [0.29, 0.717) is 27.6 Å². The third-order valence-corrected chi connectivity index (χ3v) is 7.14. The van der Waals surface area contributed by atoms with Crippen LogP contribution in [0.5, 0.6) is 0 Å². The van der Waals surface area contributed by atoms with Crippen LogP contribution in [0.1, 0.15) is 51.6 Å². The number of nitrogens with zero attached hydrogens (tertiary/aromatic N) is 4. The summed E-state index contributed by atoms with van der Waals surface area (Å²) in [5.41, 5.74) is 0.511. The van der Waals surface area contributed by atoms with Crippen LogP contribution in [0, 0.1) is 18.8 Å². The average molecular weight is 390 g/mol. The molecule has 27 heavy (non-hydrogen) atoms. The maximum absolute atomic E-state index is 13.0. The van der Waals surface area contributed by atoms with Crippen molar-refractivity contribution < 1.29 is 4.79 Å². The minimum absolute atomic E-state index is 0.0918. The lowest BCUT2D eigenvalue weighted by molar-refractivity contribution is -0.123. The molecular formula is C19H27N5O2S. The first kappa shape index (κ1) is 18.4. The highest BCUT2D eigenvalue weighted by molar-refractivity contribution is 7.20. The van der Waals surface area contributed by atoms with Gasteiger partial charge in [-0.3, -0.25) is 9.59 Å². The molecule has 0 bridgehead atoms. The van der Waals surface area contributed by atoms with Crippen molar-refractivity contribution in [2.45, 2.75) is 65.0 Å². The van der Waals surface area contributed by atoms with Crippen molar-refractivity contribution in [2.75, 3.05) is 11.4 Å². The van der Waals surface area contributed by atoms with Crippen LogP contribution in [-0.2, 0) is 4.79 Å². The van der Waals surface area contributed by atoms with Gasteiger partial charge < -0.3 is 10.2 Å². The molecule has 2 aromatic rings. The molecule has 4 rings (SSSR count). The van der Waals surface area contributed by atoms with Gasteiger partial charge in [-0.1, -0.05) is 38.0 Å². The van der Waals surface area contributed by atoms with Crippen LogP contribution in [0.25, 0.3) is 4.96 Å². The second kappa shape index (κ2) is 7.22. The molecule has 0 radical (unpaired) electrons. The molecule has 146 valence electrons. The SMILES string of the molecule is Cc1cc(=O)n2nc(N3CCC[C@@H]3C(=O)N[C@@H]3CCC[C@@H](C)[C@H]3C)sc2n1. The molecule has 0 aromatic carbocycles. The van der Waals surface area contributed by atoms with Gasteiger partial charge in [0.05, 0.1) is 0 Å². The Morgan fingerprint density at radius 1 is 1.26 bits per heavy atom. The van der Waals surface area contributed by atoms with Crippen LogP contribution in [0.4, 0.5) is 5.13 Å². The fourth-order valence-corrected chi connectivity index (χ4v) is 5.39. The number of fused-ring (bicyclic) bond motifs is 1. The first-order valence-electron chi connectivity index (χ1n) is 9.88. The Morgan fingerprint density at radius 2 is 2.07 bits per heavy atom. The standard InChI is InChI=1S/C19H27N5O2S/c1-11-6-4-7-14(13(11)3)21-17(26)15-8-5-9-23(15)19-22-24-16(25)10-12(2)20-18(24)27-19/h10-11,13-15H,4-9H2,1-3H3,(H,21,26)/t11-,13-,14-,15-/m1/s1. The van der Waals surface area contributed by atoms with Crippen molar-refractivity contribution >= 4 is 27.3 Å². The maximum atomic E-state index is 13.0. The predicted octanol–water partition coefficient (Wildman–Crippen LogP) is 2.37. The quantitative estimate of drug-likeness (QED) is 0.872. The minimum atomic E-state index is -0.216. The number of carbonyl (C=O) groups excluding carboxylic acids is 1. The van der Waals surface area contributed by atoms with Crippen LogP contribution in [-0.4, -0.2) is 39.1 Å². The van der Waals surface area contributed by atoms with E-state index in [0.717, 1.165) is 25.8 Å². The first-order chi connectivity index (χ1) is 12.9. The molecule has 3 heterocycles. The Morgan fingerprint density at radius 3 is 2.89 bits per heavy atom. The maximum Gasteiger partial charge on any atom is 0.275 e. The summed E-state index contributed by atoms with van der Waals surface area (Å²) in [6.07, 6.45) is 5.25.